The van der Waals surface area contributed by atoms with E-state index in [4.69, 9.17) is 22.9 Å². The van der Waals surface area contributed by atoms with Crippen LogP contribution in [0.3, 0.4) is 0 Å². The highest BCUT2D eigenvalue weighted by atomic mass is 31.2. The van der Waals surface area contributed by atoms with E-state index in [1.54, 1.807) is 12.2 Å². The minimum absolute atomic E-state index is 0.0632. The number of furan rings is 1. The summed E-state index contributed by atoms with van der Waals surface area (Å²) < 4.78 is 40.1. The quantitative estimate of drug-likeness (QED) is 0.0187. The molecule has 7 atom stereocenters. The molecule has 1 aliphatic rings. The van der Waals surface area contributed by atoms with Gasteiger partial charge in [-0.3, -0.25) is 18.9 Å². The van der Waals surface area contributed by atoms with Crippen molar-refractivity contribution in [2.24, 2.45) is 11.8 Å². The molecule has 0 bridgehead atoms. The summed E-state index contributed by atoms with van der Waals surface area (Å²) in [4.78, 5) is 50.9. The number of ether oxygens (including phenoxy) is 2. The lowest BCUT2D eigenvalue weighted by Gasteiger charge is -2.28. The largest absolute Gasteiger partial charge is 0.756 e. The Labute approximate surface area is 391 Å². The molecule has 3 N–H and O–H groups in total. The Morgan fingerprint density at radius 1 is 0.769 bits per heavy atom. The molecule has 0 aliphatic heterocycles. The van der Waals surface area contributed by atoms with Crippen LogP contribution in [0.2, 0.25) is 0 Å². The van der Waals surface area contributed by atoms with Crippen LogP contribution in [0.15, 0.2) is 16.6 Å². The van der Waals surface area contributed by atoms with Crippen molar-refractivity contribution in [2.45, 2.75) is 206 Å². The summed E-state index contributed by atoms with van der Waals surface area (Å²) in [6.45, 7) is 7.96. The smallest absolute Gasteiger partial charge is 0.306 e. The second-order valence-corrected chi connectivity index (χ2v) is 20.8. The first-order valence-electron chi connectivity index (χ1n) is 24.9. The van der Waals surface area contributed by atoms with Crippen molar-refractivity contribution >= 4 is 25.5 Å². The van der Waals surface area contributed by atoms with Gasteiger partial charge in [-0.15, -0.1) is 0 Å². The number of phosphoric acid groups is 1. The maximum Gasteiger partial charge on any atom is 0.306 e. The number of aryl methyl sites for hydroxylation is 2. The number of rotatable bonds is 38. The number of carbonyl (C=O) groups excluding carboxylic acids is 3. The number of nitrogens with zero attached hydrogens (tertiary/aromatic N) is 1. The third-order valence-electron chi connectivity index (χ3n) is 12.5. The van der Waals surface area contributed by atoms with Crippen LogP contribution in [-0.2, 0) is 50.3 Å². The molecule has 1 fully saturated rings. The predicted octanol–water partition coefficient (Wildman–Crippen LogP) is 8.72. The van der Waals surface area contributed by atoms with Gasteiger partial charge in [0.2, 0.25) is 0 Å². The summed E-state index contributed by atoms with van der Waals surface area (Å²) in [5.74, 6) is 0.120. The molecule has 0 radical (unpaired) electrons. The van der Waals surface area contributed by atoms with Crippen LogP contribution in [0.4, 0.5) is 0 Å². The molecule has 1 aromatic rings. The average molecular weight is 942 g/mol. The van der Waals surface area contributed by atoms with Crippen LogP contribution < -0.4 is 4.89 Å². The molecule has 14 nitrogen and oxygen atoms in total. The Morgan fingerprint density at radius 3 is 1.95 bits per heavy atom. The van der Waals surface area contributed by atoms with Crippen LogP contribution in [0.5, 0.6) is 0 Å². The lowest BCUT2D eigenvalue weighted by atomic mass is 9.87. The molecule has 15 heteroatoms. The molecule has 0 aromatic carbocycles. The zero-order valence-corrected chi connectivity index (χ0v) is 42.1. The Hall–Kier alpha value is -2.42. The molecule has 0 saturated heterocycles. The summed E-state index contributed by atoms with van der Waals surface area (Å²) in [7, 11) is 0.920. The average Bonchev–Trinajstić information content (AvgIpc) is 3.66. The predicted molar refractivity (Wildman–Crippen MR) is 251 cm³/mol. The van der Waals surface area contributed by atoms with Gasteiger partial charge in [0, 0.05) is 56.8 Å². The first kappa shape index (κ1) is 58.7. The van der Waals surface area contributed by atoms with Crippen LogP contribution >= 0.6 is 7.82 Å². The SMILES string of the molecule is CCCCCc1oc(CCCCCCCCCCC(=O)OC[C@H](COP(=O)([O-])OCC[N+](C)(C)C)OC(=O)CCCCC(=O)C[C@@H]2[C@@H](/C=C/[C@@H](O)CCCCC)[C@H](O)C[C@@H]2O)c(C)c1C. The zero-order valence-electron chi connectivity index (χ0n) is 41.2. The summed E-state index contributed by atoms with van der Waals surface area (Å²) in [6, 6.07) is 0. The number of quaternary nitrogens is 1. The van der Waals surface area contributed by atoms with Gasteiger partial charge in [-0.2, -0.15) is 0 Å². The molecule has 0 spiro atoms. The van der Waals surface area contributed by atoms with Crippen molar-refractivity contribution in [3.8, 4) is 0 Å². The van der Waals surface area contributed by atoms with Gasteiger partial charge in [-0.1, -0.05) is 96.6 Å². The summed E-state index contributed by atoms with van der Waals surface area (Å²) in [5, 5.41) is 31.4. The molecular weight excluding hydrogens is 854 g/mol. The van der Waals surface area contributed by atoms with Crippen LogP contribution in [0.25, 0.3) is 0 Å². The molecule has 2 rings (SSSR count). The van der Waals surface area contributed by atoms with E-state index in [9.17, 15) is 39.2 Å². The van der Waals surface area contributed by atoms with E-state index in [0.29, 0.717) is 36.7 Å². The van der Waals surface area contributed by atoms with E-state index in [1.807, 2.05) is 21.1 Å². The molecule has 1 aromatic heterocycles. The Morgan fingerprint density at radius 2 is 1.32 bits per heavy atom. The van der Waals surface area contributed by atoms with E-state index in [1.165, 1.54) is 30.4 Å². The highest BCUT2D eigenvalue weighted by Gasteiger charge is 2.41. The van der Waals surface area contributed by atoms with Crippen molar-refractivity contribution in [1.82, 2.24) is 0 Å². The number of unbranched alkanes of at least 4 members (excludes halogenated alkanes) is 12. The molecule has 1 saturated carbocycles. The molecule has 376 valence electrons. The number of ketones is 1. The highest BCUT2D eigenvalue weighted by Crippen LogP contribution is 2.39. The number of carbonyl (C=O) groups is 3. The maximum absolute atomic E-state index is 12.9. The topological polar surface area (TPSA) is 202 Å². The fourth-order valence-electron chi connectivity index (χ4n) is 8.18. The van der Waals surface area contributed by atoms with Crippen molar-refractivity contribution in [3.63, 3.8) is 0 Å². The molecule has 1 heterocycles. The number of esters is 2. The minimum Gasteiger partial charge on any atom is -0.756 e. The maximum atomic E-state index is 12.9. The van der Waals surface area contributed by atoms with E-state index < -0.39 is 62.6 Å². The van der Waals surface area contributed by atoms with Gasteiger partial charge in [0.15, 0.2) is 6.10 Å². The first-order chi connectivity index (χ1) is 30.9. The second kappa shape index (κ2) is 32.4. The number of Topliss-reactive ketones (excluding diaryl/α,β-unsaturated/α-hetero) is 1. The van der Waals surface area contributed by atoms with Gasteiger partial charge in [0.25, 0.3) is 7.82 Å². The normalized spacial score (nSPS) is 19.7. The number of phosphoric ester groups is 1. The third-order valence-corrected chi connectivity index (χ3v) is 13.4. The standard InChI is InChI=1S/C50H88NO13P/c1-8-10-18-24-40(52)30-31-43-44(46(55)35-45(43)54)34-41(53)25-22-23-29-50(57)63-42(37-62-65(58,59)61-33-32-51(5,6)7)36-60-49(56)28-21-17-15-13-12-14-16-20-27-48-39(4)38(3)47(64-48)26-19-11-9-2/h30-31,40,42-46,52,54-55H,8-29,32-37H2,1-7H3/b31-30+/t40-,42+,43+,44+,45+,46-/m0/s1. The van der Waals surface area contributed by atoms with Crippen molar-refractivity contribution < 1.29 is 66.6 Å². The van der Waals surface area contributed by atoms with E-state index in [-0.39, 0.29) is 51.1 Å². The summed E-state index contributed by atoms with van der Waals surface area (Å²) in [6.07, 6.45) is 18.4. The number of aliphatic hydroxyl groups excluding tert-OH is 3. The first-order valence-corrected chi connectivity index (χ1v) is 26.4. The minimum atomic E-state index is -4.75. The Bertz CT molecular complexity index is 1570. The third kappa shape index (κ3) is 26.1. The van der Waals surface area contributed by atoms with Crippen molar-refractivity contribution in [3.05, 3.63) is 34.8 Å². The number of aliphatic hydroxyl groups is 3. The van der Waals surface area contributed by atoms with Gasteiger partial charge < -0.3 is 47.6 Å². The zero-order chi connectivity index (χ0) is 48.3. The summed E-state index contributed by atoms with van der Waals surface area (Å²) in [5.41, 5.74) is 2.61. The molecule has 65 heavy (non-hydrogen) atoms. The van der Waals surface area contributed by atoms with Gasteiger partial charge >= 0.3 is 11.9 Å². The fraction of sp³-hybridized carbons (Fsp3) is 0.820. The van der Waals surface area contributed by atoms with Gasteiger partial charge in [0.05, 0.1) is 46.1 Å². The van der Waals surface area contributed by atoms with Gasteiger partial charge in [0.1, 0.15) is 37.1 Å². The molecular formula is C50H88NO13P. The summed E-state index contributed by atoms with van der Waals surface area (Å²) >= 11 is 0. The monoisotopic (exact) mass is 942 g/mol. The second-order valence-electron chi connectivity index (χ2n) is 19.4. The molecule has 1 aliphatic carbocycles. The lowest BCUT2D eigenvalue weighted by molar-refractivity contribution is -0.870. The van der Waals surface area contributed by atoms with Gasteiger partial charge in [-0.05, 0) is 63.5 Å². The molecule has 0 amide bonds. The highest BCUT2D eigenvalue weighted by molar-refractivity contribution is 7.45. The van der Waals surface area contributed by atoms with E-state index in [0.717, 1.165) is 88.6 Å². The van der Waals surface area contributed by atoms with Crippen LogP contribution in [0, 0.1) is 25.7 Å². The van der Waals surface area contributed by atoms with Crippen molar-refractivity contribution in [2.75, 3.05) is 47.5 Å². The van der Waals surface area contributed by atoms with Crippen LogP contribution in [0.1, 0.15) is 178 Å². The van der Waals surface area contributed by atoms with Gasteiger partial charge in [-0.25, -0.2) is 0 Å². The Balaban J connectivity index is 1.75. The van der Waals surface area contributed by atoms with Crippen molar-refractivity contribution in [1.29, 1.82) is 0 Å². The van der Waals surface area contributed by atoms with E-state index in [2.05, 4.69) is 27.7 Å². The fourth-order valence-corrected chi connectivity index (χ4v) is 8.91. The van der Waals surface area contributed by atoms with Crippen LogP contribution in [-0.4, -0.2) is 109 Å². The Kier molecular flexibility index (Phi) is 29.2. The number of hydrogen-bond acceptors (Lipinski definition) is 13. The van der Waals surface area contributed by atoms with E-state index >= 15 is 0 Å². The number of likely N-dealkylation sites (N-methyl/N-ethyl adjacent to an activating group) is 1. The lowest BCUT2D eigenvalue weighted by Crippen LogP contribution is -2.37. The number of hydrogen-bond donors (Lipinski definition) is 3. The molecule has 1 unspecified atom stereocenters.